The quantitative estimate of drug-likeness (QED) is 0.771. The number of carbonyl (C=O) groups is 1. The molecule has 0 aromatic heterocycles. The van der Waals surface area contributed by atoms with Crippen LogP contribution >= 0.6 is 0 Å². The minimum atomic E-state index is -0.826. The second-order valence-corrected chi connectivity index (χ2v) is 4.14. The molecular weight excluding hydrogens is 250 g/mol. The number of esters is 1. The van der Waals surface area contributed by atoms with Gasteiger partial charge in [0.25, 0.3) is 0 Å². The first-order valence-corrected chi connectivity index (χ1v) is 5.68. The number of hydrogen-bond donors (Lipinski definition) is 0. The Morgan fingerprint density at radius 1 is 1.05 bits per heavy atom. The summed E-state index contributed by atoms with van der Waals surface area (Å²) in [5, 5.41) is 0. The maximum Gasteiger partial charge on any atom is 0.341 e. The highest BCUT2D eigenvalue weighted by Crippen LogP contribution is 2.29. The molecule has 4 heteroatoms. The first-order valence-electron chi connectivity index (χ1n) is 5.68. The van der Waals surface area contributed by atoms with Crippen LogP contribution in [-0.4, -0.2) is 13.1 Å². The predicted molar refractivity (Wildman–Crippen MR) is 67.9 cm³/mol. The fraction of sp³-hybridized carbons (Fsp3) is 0.133. The molecule has 0 amide bonds. The summed E-state index contributed by atoms with van der Waals surface area (Å²) in [7, 11) is 1.16. The van der Waals surface area contributed by atoms with E-state index in [4.69, 9.17) is 0 Å². The van der Waals surface area contributed by atoms with E-state index in [0.717, 1.165) is 18.7 Å². The van der Waals surface area contributed by atoms with Crippen LogP contribution in [0.15, 0.2) is 36.4 Å². The summed E-state index contributed by atoms with van der Waals surface area (Å²) in [5.74, 6) is -2.06. The molecule has 0 aliphatic rings. The second-order valence-electron chi connectivity index (χ2n) is 4.14. The van der Waals surface area contributed by atoms with Gasteiger partial charge in [-0.3, -0.25) is 0 Å². The van der Waals surface area contributed by atoms with Crippen LogP contribution in [0.1, 0.15) is 15.9 Å². The largest absolute Gasteiger partial charge is 0.465 e. The SMILES string of the molecule is COC(=O)c1c(F)cccc1-c1ccc(C)cc1F. The Kier molecular flexibility index (Phi) is 3.60. The van der Waals surface area contributed by atoms with E-state index < -0.39 is 17.6 Å². The summed E-state index contributed by atoms with van der Waals surface area (Å²) < 4.78 is 32.2. The van der Waals surface area contributed by atoms with Gasteiger partial charge in [0.1, 0.15) is 17.2 Å². The number of methoxy groups -OCH3 is 1. The molecule has 0 unspecified atom stereocenters. The Labute approximate surface area is 109 Å². The molecule has 0 atom stereocenters. The first-order chi connectivity index (χ1) is 9.04. The molecule has 0 saturated heterocycles. The Balaban J connectivity index is 2.68. The van der Waals surface area contributed by atoms with Gasteiger partial charge in [0.05, 0.1) is 7.11 Å². The van der Waals surface area contributed by atoms with Crippen molar-refractivity contribution >= 4 is 5.97 Å². The van der Waals surface area contributed by atoms with Gasteiger partial charge in [0.2, 0.25) is 0 Å². The molecule has 2 aromatic rings. The topological polar surface area (TPSA) is 26.3 Å². The van der Waals surface area contributed by atoms with Crippen molar-refractivity contribution in [2.75, 3.05) is 7.11 Å². The van der Waals surface area contributed by atoms with Gasteiger partial charge in [0, 0.05) is 11.1 Å². The van der Waals surface area contributed by atoms with E-state index >= 15 is 0 Å². The molecule has 0 N–H and O–H groups in total. The smallest absolute Gasteiger partial charge is 0.341 e. The predicted octanol–water partition coefficient (Wildman–Crippen LogP) is 3.73. The number of benzene rings is 2. The minimum absolute atomic E-state index is 0.172. The molecule has 0 radical (unpaired) electrons. The maximum atomic E-state index is 13.9. The summed E-state index contributed by atoms with van der Waals surface area (Å²) in [6, 6.07) is 8.61. The number of aryl methyl sites for hydroxylation is 1. The van der Waals surface area contributed by atoms with Crippen LogP contribution in [0.4, 0.5) is 8.78 Å². The van der Waals surface area contributed by atoms with Gasteiger partial charge < -0.3 is 4.74 Å². The normalized spacial score (nSPS) is 10.3. The van der Waals surface area contributed by atoms with Crippen molar-refractivity contribution in [2.45, 2.75) is 6.92 Å². The number of ether oxygens (including phenoxy) is 1. The lowest BCUT2D eigenvalue weighted by molar-refractivity contribution is 0.0596. The van der Waals surface area contributed by atoms with Crippen molar-refractivity contribution in [3.8, 4) is 11.1 Å². The van der Waals surface area contributed by atoms with Crippen LogP contribution in [-0.2, 0) is 4.74 Å². The summed E-state index contributed by atoms with van der Waals surface area (Å²) in [6.07, 6.45) is 0. The Morgan fingerprint density at radius 3 is 2.42 bits per heavy atom. The van der Waals surface area contributed by atoms with E-state index in [2.05, 4.69) is 4.74 Å². The first kappa shape index (κ1) is 13.2. The molecular formula is C15H12F2O2. The number of carbonyl (C=O) groups excluding carboxylic acids is 1. The molecule has 0 aliphatic heterocycles. The van der Waals surface area contributed by atoms with Crippen LogP contribution in [0, 0.1) is 18.6 Å². The molecule has 19 heavy (non-hydrogen) atoms. The summed E-state index contributed by atoms with van der Waals surface area (Å²) in [4.78, 5) is 11.6. The number of hydrogen-bond acceptors (Lipinski definition) is 2. The van der Waals surface area contributed by atoms with Gasteiger partial charge >= 0.3 is 5.97 Å². The van der Waals surface area contributed by atoms with E-state index in [0.29, 0.717) is 0 Å². The average Bonchev–Trinajstić information content (AvgIpc) is 2.37. The third-order valence-electron chi connectivity index (χ3n) is 2.82. The van der Waals surface area contributed by atoms with Crippen LogP contribution in [0.3, 0.4) is 0 Å². The summed E-state index contributed by atoms with van der Waals surface area (Å²) in [5.41, 5.74) is 0.847. The molecule has 98 valence electrons. The molecule has 0 heterocycles. The van der Waals surface area contributed by atoms with E-state index in [1.165, 1.54) is 24.3 Å². The van der Waals surface area contributed by atoms with Crippen molar-refractivity contribution in [2.24, 2.45) is 0 Å². The fourth-order valence-corrected chi connectivity index (χ4v) is 1.90. The Hall–Kier alpha value is -2.23. The van der Waals surface area contributed by atoms with E-state index in [1.807, 2.05) is 0 Å². The van der Waals surface area contributed by atoms with Crippen molar-refractivity contribution in [1.29, 1.82) is 0 Å². The average molecular weight is 262 g/mol. The highest BCUT2D eigenvalue weighted by atomic mass is 19.1. The highest BCUT2D eigenvalue weighted by molar-refractivity contribution is 5.97. The van der Waals surface area contributed by atoms with Crippen molar-refractivity contribution in [1.82, 2.24) is 0 Å². The maximum absolute atomic E-state index is 13.9. The lowest BCUT2D eigenvalue weighted by Gasteiger charge is -2.10. The number of rotatable bonds is 2. The minimum Gasteiger partial charge on any atom is -0.465 e. The number of halogens is 2. The van der Waals surface area contributed by atoms with Crippen LogP contribution in [0.2, 0.25) is 0 Å². The Morgan fingerprint density at radius 2 is 1.79 bits per heavy atom. The zero-order valence-electron chi connectivity index (χ0n) is 10.5. The molecule has 2 rings (SSSR count). The van der Waals surface area contributed by atoms with Gasteiger partial charge in [-0.05, 0) is 24.6 Å². The lowest BCUT2D eigenvalue weighted by atomic mass is 9.98. The zero-order valence-corrected chi connectivity index (χ0v) is 10.5. The zero-order chi connectivity index (χ0) is 14.0. The lowest BCUT2D eigenvalue weighted by Crippen LogP contribution is -2.07. The molecule has 0 fully saturated rings. The van der Waals surface area contributed by atoms with Gasteiger partial charge in [0.15, 0.2) is 0 Å². The second kappa shape index (κ2) is 5.18. The van der Waals surface area contributed by atoms with Crippen LogP contribution in [0.5, 0.6) is 0 Å². The molecule has 0 spiro atoms. The molecule has 2 aromatic carbocycles. The van der Waals surface area contributed by atoms with Crippen LogP contribution < -0.4 is 0 Å². The van der Waals surface area contributed by atoms with E-state index in [1.54, 1.807) is 13.0 Å². The molecule has 0 aliphatic carbocycles. The Bertz CT molecular complexity index is 636. The van der Waals surface area contributed by atoms with Gasteiger partial charge in [-0.15, -0.1) is 0 Å². The highest BCUT2D eigenvalue weighted by Gasteiger charge is 2.20. The molecule has 0 bridgehead atoms. The fourth-order valence-electron chi connectivity index (χ4n) is 1.90. The van der Waals surface area contributed by atoms with Crippen molar-refractivity contribution < 1.29 is 18.3 Å². The van der Waals surface area contributed by atoms with E-state index in [-0.39, 0.29) is 16.7 Å². The van der Waals surface area contributed by atoms with Crippen LogP contribution in [0.25, 0.3) is 11.1 Å². The summed E-state index contributed by atoms with van der Waals surface area (Å²) >= 11 is 0. The van der Waals surface area contributed by atoms with Crippen molar-refractivity contribution in [3.63, 3.8) is 0 Å². The van der Waals surface area contributed by atoms with Gasteiger partial charge in [-0.2, -0.15) is 0 Å². The van der Waals surface area contributed by atoms with Gasteiger partial charge in [-0.25, -0.2) is 13.6 Å². The standard InChI is InChI=1S/C15H12F2O2/c1-9-6-7-10(13(17)8-9)11-4-3-5-12(16)14(11)15(18)19-2/h3-8H,1-2H3. The van der Waals surface area contributed by atoms with Crippen molar-refractivity contribution in [3.05, 3.63) is 59.2 Å². The third-order valence-corrected chi connectivity index (χ3v) is 2.82. The monoisotopic (exact) mass is 262 g/mol. The van der Waals surface area contributed by atoms with Gasteiger partial charge in [-0.1, -0.05) is 24.3 Å². The molecule has 0 saturated carbocycles. The van der Waals surface area contributed by atoms with E-state index in [9.17, 15) is 13.6 Å². The third kappa shape index (κ3) is 2.47. The summed E-state index contributed by atoms with van der Waals surface area (Å²) in [6.45, 7) is 1.75. The molecule has 2 nitrogen and oxygen atoms in total.